The Morgan fingerprint density at radius 3 is 2.51 bits per heavy atom. The summed E-state index contributed by atoms with van der Waals surface area (Å²) in [4.78, 5) is 20.7. The molecular weight excluding hydrogens is 458 g/mol. The largest absolute Gasteiger partial charge is 0.421 e. The lowest BCUT2D eigenvalue weighted by Crippen LogP contribution is -2.21. The lowest BCUT2D eigenvalue weighted by atomic mass is 9.92. The van der Waals surface area contributed by atoms with Gasteiger partial charge < -0.3 is 10.1 Å². The van der Waals surface area contributed by atoms with Crippen molar-refractivity contribution in [3.8, 4) is 23.0 Å². The van der Waals surface area contributed by atoms with Crippen molar-refractivity contribution in [2.45, 2.75) is 26.2 Å². The minimum absolute atomic E-state index is 0.156. The molecule has 0 fully saturated rings. The summed E-state index contributed by atoms with van der Waals surface area (Å²) < 4.78 is 37.4. The fraction of sp³-hybridized carbons (Fsp3) is 0.261. The van der Waals surface area contributed by atoms with Gasteiger partial charge in [0.1, 0.15) is 11.6 Å². The summed E-state index contributed by atoms with van der Waals surface area (Å²) in [6.45, 7) is 5.97. The predicted octanol–water partition coefficient (Wildman–Crippen LogP) is 4.62. The van der Waals surface area contributed by atoms with Crippen LogP contribution in [0.15, 0.2) is 42.9 Å². The molecule has 35 heavy (non-hydrogen) atoms. The molecule has 3 heterocycles. The first-order chi connectivity index (χ1) is 16.5. The van der Waals surface area contributed by atoms with E-state index in [-0.39, 0.29) is 22.9 Å². The SMILES string of the molecule is Cn1cc(-c2ccnc(Oc3cc(NC(=O)Nc4cc(C(C)(C)C)nn4C)c(F)cc3F)n2)cn1. The van der Waals surface area contributed by atoms with Crippen molar-refractivity contribution in [3.05, 3.63) is 60.2 Å². The first-order valence-corrected chi connectivity index (χ1v) is 10.6. The summed E-state index contributed by atoms with van der Waals surface area (Å²) >= 11 is 0. The number of carbonyl (C=O) groups excluding carboxylic acids is 1. The minimum Gasteiger partial charge on any atom is -0.421 e. The number of anilines is 2. The Labute approximate surface area is 200 Å². The number of urea groups is 1. The van der Waals surface area contributed by atoms with Gasteiger partial charge in [-0.15, -0.1) is 0 Å². The number of amides is 2. The monoisotopic (exact) mass is 482 g/mol. The van der Waals surface area contributed by atoms with Gasteiger partial charge in [-0.3, -0.25) is 14.7 Å². The van der Waals surface area contributed by atoms with Crippen LogP contribution in [0.4, 0.5) is 25.1 Å². The Bertz CT molecular complexity index is 1390. The normalized spacial score (nSPS) is 11.4. The van der Waals surface area contributed by atoms with Crippen LogP contribution in [0.25, 0.3) is 11.3 Å². The van der Waals surface area contributed by atoms with Crippen molar-refractivity contribution < 1.29 is 18.3 Å². The summed E-state index contributed by atoms with van der Waals surface area (Å²) in [5.41, 5.74) is 1.48. The maximum absolute atomic E-state index is 14.4. The molecule has 10 nitrogen and oxygen atoms in total. The van der Waals surface area contributed by atoms with Crippen LogP contribution in [0.3, 0.4) is 0 Å². The second-order valence-electron chi connectivity index (χ2n) is 8.86. The number of rotatable bonds is 5. The van der Waals surface area contributed by atoms with Gasteiger partial charge in [-0.05, 0) is 6.07 Å². The summed E-state index contributed by atoms with van der Waals surface area (Å²) in [7, 11) is 3.44. The molecule has 1 aromatic carbocycles. The van der Waals surface area contributed by atoms with Gasteiger partial charge in [-0.2, -0.15) is 15.2 Å². The Balaban J connectivity index is 1.52. The van der Waals surface area contributed by atoms with Gasteiger partial charge in [0.2, 0.25) is 0 Å². The average Bonchev–Trinajstić information content (AvgIpc) is 3.37. The molecule has 0 aliphatic carbocycles. The van der Waals surface area contributed by atoms with Gasteiger partial charge in [-0.1, -0.05) is 20.8 Å². The molecule has 0 radical (unpaired) electrons. The first kappa shape index (κ1) is 23.8. The Kier molecular flexibility index (Phi) is 6.20. The van der Waals surface area contributed by atoms with Crippen LogP contribution in [0.5, 0.6) is 11.8 Å². The fourth-order valence-electron chi connectivity index (χ4n) is 3.13. The fourth-order valence-corrected chi connectivity index (χ4v) is 3.13. The van der Waals surface area contributed by atoms with E-state index >= 15 is 0 Å². The van der Waals surface area contributed by atoms with E-state index in [2.05, 4.69) is 30.8 Å². The molecule has 0 saturated carbocycles. The van der Waals surface area contributed by atoms with Crippen LogP contribution >= 0.6 is 0 Å². The van der Waals surface area contributed by atoms with E-state index in [4.69, 9.17) is 4.74 Å². The minimum atomic E-state index is -0.981. The van der Waals surface area contributed by atoms with Crippen molar-refractivity contribution in [2.75, 3.05) is 10.6 Å². The van der Waals surface area contributed by atoms with E-state index in [0.29, 0.717) is 23.1 Å². The molecule has 0 unspecified atom stereocenters. The number of aryl methyl sites for hydroxylation is 2. The van der Waals surface area contributed by atoms with Crippen LogP contribution in [-0.2, 0) is 19.5 Å². The van der Waals surface area contributed by atoms with Crippen molar-refractivity contribution in [1.29, 1.82) is 0 Å². The van der Waals surface area contributed by atoms with E-state index in [0.717, 1.165) is 11.8 Å². The highest BCUT2D eigenvalue weighted by atomic mass is 19.1. The highest BCUT2D eigenvalue weighted by Crippen LogP contribution is 2.29. The van der Waals surface area contributed by atoms with Gasteiger partial charge in [0.05, 0.1) is 23.3 Å². The second kappa shape index (κ2) is 9.12. The number of nitrogens with one attached hydrogen (secondary N) is 2. The molecule has 0 aliphatic rings. The van der Waals surface area contributed by atoms with Crippen molar-refractivity contribution in [1.82, 2.24) is 29.5 Å². The molecule has 182 valence electrons. The lowest BCUT2D eigenvalue weighted by molar-refractivity contribution is 0.262. The third kappa shape index (κ3) is 5.42. The maximum atomic E-state index is 14.4. The molecule has 4 rings (SSSR count). The summed E-state index contributed by atoms with van der Waals surface area (Å²) in [6, 6.07) is 4.11. The smallest absolute Gasteiger partial charge is 0.324 e. The Hall–Kier alpha value is -4.35. The zero-order valence-electron chi connectivity index (χ0n) is 19.8. The predicted molar refractivity (Wildman–Crippen MR) is 125 cm³/mol. The third-order valence-corrected chi connectivity index (χ3v) is 4.99. The third-order valence-electron chi connectivity index (χ3n) is 4.99. The number of carbonyl (C=O) groups is 1. The highest BCUT2D eigenvalue weighted by Gasteiger charge is 2.20. The molecule has 4 aromatic rings. The molecule has 0 atom stereocenters. The van der Waals surface area contributed by atoms with E-state index in [1.165, 1.54) is 10.9 Å². The molecule has 2 amide bonds. The molecule has 0 aliphatic heterocycles. The van der Waals surface area contributed by atoms with E-state index in [9.17, 15) is 13.6 Å². The highest BCUT2D eigenvalue weighted by molar-refractivity contribution is 5.99. The number of ether oxygens (including phenoxy) is 1. The van der Waals surface area contributed by atoms with Crippen molar-refractivity contribution in [3.63, 3.8) is 0 Å². The van der Waals surface area contributed by atoms with Gasteiger partial charge in [-0.25, -0.2) is 18.6 Å². The molecule has 0 bridgehead atoms. The van der Waals surface area contributed by atoms with Gasteiger partial charge in [0.25, 0.3) is 0 Å². The van der Waals surface area contributed by atoms with E-state index in [1.807, 2.05) is 20.8 Å². The van der Waals surface area contributed by atoms with Gasteiger partial charge >= 0.3 is 12.0 Å². The number of nitrogens with zero attached hydrogens (tertiary/aromatic N) is 6. The van der Waals surface area contributed by atoms with Crippen LogP contribution in [-0.4, -0.2) is 35.6 Å². The molecule has 0 saturated heterocycles. The zero-order valence-corrected chi connectivity index (χ0v) is 19.8. The van der Waals surface area contributed by atoms with Gasteiger partial charge in [0.15, 0.2) is 11.6 Å². The van der Waals surface area contributed by atoms with Crippen LogP contribution in [0.1, 0.15) is 26.5 Å². The zero-order chi connectivity index (χ0) is 25.3. The topological polar surface area (TPSA) is 112 Å². The standard InChI is InChI=1S/C23H24F2N8O2/c1-23(2,3)19-10-20(33(5)31-19)30-21(34)28-17-9-18(15(25)8-14(17)24)35-22-26-7-6-16(29-22)13-11-27-32(4)12-13/h6-12H,1-5H3,(H2,28,30,34). The lowest BCUT2D eigenvalue weighted by Gasteiger charge is -2.13. The van der Waals surface area contributed by atoms with Crippen LogP contribution in [0.2, 0.25) is 0 Å². The number of halogens is 2. The van der Waals surface area contributed by atoms with E-state index in [1.54, 1.807) is 43.3 Å². The van der Waals surface area contributed by atoms with Gasteiger partial charge in [0, 0.05) is 55.7 Å². The van der Waals surface area contributed by atoms with Crippen molar-refractivity contribution in [2.24, 2.45) is 14.1 Å². The van der Waals surface area contributed by atoms with Crippen molar-refractivity contribution >= 4 is 17.5 Å². The molecule has 12 heteroatoms. The molecule has 3 aromatic heterocycles. The van der Waals surface area contributed by atoms with Crippen LogP contribution < -0.4 is 15.4 Å². The number of hydrogen-bond acceptors (Lipinski definition) is 6. The van der Waals surface area contributed by atoms with Crippen LogP contribution in [0, 0.1) is 11.6 Å². The number of hydrogen-bond donors (Lipinski definition) is 2. The Morgan fingerprint density at radius 2 is 1.86 bits per heavy atom. The quantitative estimate of drug-likeness (QED) is 0.429. The molecular formula is C23H24F2N8O2. The summed E-state index contributed by atoms with van der Waals surface area (Å²) in [5.74, 6) is -1.91. The summed E-state index contributed by atoms with van der Waals surface area (Å²) in [6.07, 6.45) is 4.80. The number of benzene rings is 1. The second-order valence-corrected chi connectivity index (χ2v) is 8.86. The summed E-state index contributed by atoms with van der Waals surface area (Å²) in [5, 5.41) is 13.4. The first-order valence-electron chi connectivity index (χ1n) is 10.6. The maximum Gasteiger partial charge on any atom is 0.324 e. The Morgan fingerprint density at radius 1 is 1.09 bits per heavy atom. The molecule has 2 N–H and O–H groups in total. The average molecular weight is 482 g/mol. The number of aromatic nitrogens is 6. The molecule has 0 spiro atoms. The van der Waals surface area contributed by atoms with E-state index < -0.39 is 17.7 Å².